The minimum absolute atomic E-state index is 0.0425. The van der Waals surface area contributed by atoms with Gasteiger partial charge in [-0.15, -0.1) is 0 Å². The lowest BCUT2D eigenvalue weighted by Crippen LogP contribution is -2.41. The number of rotatable bonds is 5. The van der Waals surface area contributed by atoms with Crippen LogP contribution < -0.4 is 0 Å². The number of Topliss-reactive ketones (excluding diaryl/α,β-unsaturated/α-hetero) is 2. The summed E-state index contributed by atoms with van der Waals surface area (Å²) in [6.07, 6.45) is 2.96. The van der Waals surface area contributed by atoms with E-state index in [0.717, 1.165) is 0 Å². The van der Waals surface area contributed by atoms with Crippen molar-refractivity contribution in [3.05, 3.63) is 12.7 Å². The molecule has 0 amide bonds. The molecule has 1 aliphatic rings. The van der Waals surface area contributed by atoms with E-state index in [1.165, 1.54) is 0 Å². The molecule has 1 rings (SSSR count). The molecule has 0 bridgehead atoms. The standard InChI is InChI=1S/C14H21NO3/c1-5-7-18-15-10(6-2)13-11(16)8-14(3,4)9-12(13)17/h5,13H,1,6-9H2,2-4H3/b15-10+. The minimum Gasteiger partial charge on any atom is -0.392 e. The van der Waals surface area contributed by atoms with Crippen LogP contribution in [0.4, 0.5) is 0 Å². The molecule has 18 heavy (non-hydrogen) atoms. The van der Waals surface area contributed by atoms with Crippen LogP contribution in [-0.2, 0) is 14.4 Å². The molecule has 4 nitrogen and oxygen atoms in total. The maximum absolute atomic E-state index is 12.1. The summed E-state index contributed by atoms with van der Waals surface area (Å²) in [7, 11) is 0. The first-order chi connectivity index (χ1) is 8.41. The average molecular weight is 251 g/mol. The Bertz CT molecular complexity index is 363. The van der Waals surface area contributed by atoms with E-state index in [1.54, 1.807) is 6.08 Å². The normalized spacial score (nSPS) is 20.9. The van der Waals surface area contributed by atoms with E-state index in [-0.39, 0.29) is 23.6 Å². The lowest BCUT2D eigenvalue weighted by molar-refractivity contribution is -0.136. The Morgan fingerprint density at radius 3 is 2.44 bits per heavy atom. The van der Waals surface area contributed by atoms with E-state index < -0.39 is 5.92 Å². The number of carbonyl (C=O) groups is 2. The Kier molecular flexibility index (Phi) is 4.82. The van der Waals surface area contributed by atoms with Gasteiger partial charge in [0.2, 0.25) is 0 Å². The van der Waals surface area contributed by atoms with E-state index >= 15 is 0 Å². The molecule has 0 spiro atoms. The Hall–Kier alpha value is -1.45. The molecule has 0 N–H and O–H groups in total. The largest absolute Gasteiger partial charge is 0.392 e. The summed E-state index contributed by atoms with van der Waals surface area (Å²) < 4.78 is 0. The zero-order valence-electron chi connectivity index (χ0n) is 11.4. The first-order valence-corrected chi connectivity index (χ1v) is 6.26. The van der Waals surface area contributed by atoms with E-state index in [2.05, 4.69) is 11.7 Å². The molecule has 0 aromatic heterocycles. The van der Waals surface area contributed by atoms with Crippen molar-refractivity contribution in [1.82, 2.24) is 0 Å². The fourth-order valence-electron chi connectivity index (χ4n) is 2.26. The van der Waals surface area contributed by atoms with Crippen molar-refractivity contribution in [3.63, 3.8) is 0 Å². The summed E-state index contributed by atoms with van der Waals surface area (Å²) >= 11 is 0. The fourth-order valence-corrected chi connectivity index (χ4v) is 2.26. The van der Waals surface area contributed by atoms with Gasteiger partial charge < -0.3 is 4.84 Å². The second kappa shape index (κ2) is 5.94. The minimum atomic E-state index is -0.701. The van der Waals surface area contributed by atoms with Crippen molar-refractivity contribution in [2.75, 3.05) is 6.61 Å². The van der Waals surface area contributed by atoms with Gasteiger partial charge in [0.1, 0.15) is 24.1 Å². The zero-order valence-corrected chi connectivity index (χ0v) is 11.4. The highest BCUT2D eigenvalue weighted by Gasteiger charge is 2.41. The molecule has 0 aliphatic heterocycles. The van der Waals surface area contributed by atoms with Gasteiger partial charge in [-0.25, -0.2) is 0 Å². The summed E-state index contributed by atoms with van der Waals surface area (Å²) in [5, 5.41) is 3.91. The number of hydrogen-bond acceptors (Lipinski definition) is 4. The summed E-state index contributed by atoms with van der Waals surface area (Å²) in [6, 6.07) is 0. The van der Waals surface area contributed by atoms with E-state index in [4.69, 9.17) is 4.84 Å². The molecule has 0 atom stereocenters. The third kappa shape index (κ3) is 3.52. The van der Waals surface area contributed by atoms with Gasteiger partial charge in [0.15, 0.2) is 0 Å². The fraction of sp³-hybridized carbons (Fsp3) is 0.643. The van der Waals surface area contributed by atoms with Gasteiger partial charge in [0.25, 0.3) is 0 Å². The van der Waals surface area contributed by atoms with Crippen LogP contribution in [0.1, 0.15) is 40.0 Å². The summed E-state index contributed by atoms with van der Waals surface area (Å²) in [5.74, 6) is -0.786. The molecule has 0 aromatic carbocycles. The molecule has 0 saturated heterocycles. The second-order valence-electron chi connectivity index (χ2n) is 5.40. The van der Waals surface area contributed by atoms with Crippen LogP contribution in [0, 0.1) is 11.3 Å². The molecule has 4 heteroatoms. The van der Waals surface area contributed by atoms with Gasteiger partial charge in [0, 0.05) is 12.8 Å². The average Bonchev–Trinajstić information content (AvgIpc) is 2.24. The Morgan fingerprint density at radius 1 is 1.44 bits per heavy atom. The van der Waals surface area contributed by atoms with Gasteiger partial charge in [-0.2, -0.15) is 0 Å². The van der Waals surface area contributed by atoms with Crippen molar-refractivity contribution in [1.29, 1.82) is 0 Å². The topological polar surface area (TPSA) is 55.7 Å². The molecular weight excluding hydrogens is 230 g/mol. The van der Waals surface area contributed by atoms with Crippen molar-refractivity contribution in [2.45, 2.75) is 40.0 Å². The van der Waals surface area contributed by atoms with Gasteiger partial charge in [0.05, 0.1) is 5.71 Å². The van der Waals surface area contributed by atoms with Crippen molar-refractivity contribution in [2.24, 2.45) is 16.5 Å². The van der Waals surface area contributed by atoms with Crippen LogP contribution in [0.3, 0.4) is 0 Å². The second-order valence-corrected chi connectivity index (χ2v) is 5.40. The Labute approximate surface area is 108 Å². The van der Waals surface area contributed by atoms with Crippen LogP contribution in [0.25, 0.3) is 0 Å². The molecule has 100 valence electrons. The SMILES string of the molecule is C=CCO/N=C(\CC)C1C(=O)CC(C)(C)CC1=O. The van der Waals surface area contributed by atoms with E-state index in [9.17, 15) is 9.59 Å². The Morgan fingerprint density at radius 2 is 2.00 bits per heavy atom. The van der Waals surface area contributed by atoms with Gasteiger partial charge in [-0.05, 0) is 11.8 Å². The lowest BCUT2D eigenvalue weighted by Gasteiger charge is -2.32. The number of ketones is 2. The van der Waals surface area contributed by atoms with Gasteiger partial charge >= 0.3 is 0 Å². The molecule has 0 unspecified atom stereocenters. The van der Waals surface area contributed by atoms with Crippen molar-refractivity contribution in [3.8, 4) is 0 Å². The highest BCUT2D eigenvalue weighted by Crippen LogP contribution is 2.34. The van der Waals surface area contributed by atoms with Gasteiger partial charge in [-0.1, -0.05) is 38.6 Å². The van der Waals surface area contributed by atoms with Crippen molar-refractivity contribution >= 4 is 17.3 Å². The third-order valence-electron chi connectivity index (χ3n) is 3.02. The number of nitrogens with zero attached hydrogens (tertiary/aromatic N) is 1. The first kappa shape index (κ1) is 14.6. The summed E-state index contributed by atoms with van der Waals surface area (Å²) in [6.45, 7) is 9.55. The predicted octanol–water partition coefficient (Wildman–Crippen LogP) is 2.53. The quantitative estimate of drug-likeness (QED) is 0.248. The predicted molar refractivity (Wildman–Crippen MR) is 70.4 cm³/mol. The van der Waals surface area contributed by atoms with Crippen LogP contribution in [-0.4, -0.2) is 23.9 Å². The molecule has 1 fully saturated rings. The maximum atomic E-state index is 12.1. The number of hydrogen-bond donors (Lipinski definition) is 0. The molecule has 0 aromatic rings. The third-order valence-corrected chi connectivity index (χ3v) is 3.02. The van der Waals surface area contributed by atoms with Crippen LogP contribution >= 0.6 is 0 Å². The maximum Gasteiger partial charge on any atom is 0.149 e. The summed E-state index contributed by atoms with van der Waals surface area (Å²) in [4.78, 5) is 29.2. The zero-order chi connectivity index (χ0) is 13.8. The van der Waals surface area contributed by atoms with Crippen molar-refractivity contribution < 1.29 is 14.4 Å². The highest BCUT2D eigenvalue weighted by atomic mass is 16.6. The molecule has 1 aliphatic carbocycles. The highest BCUT2D eigenvalue weighted by molar-refractivity contribution is 6.22. The lowest BCUT2D eigenvalue weighted by atomic mass is 9.70. The molecule has 0 heterocycles. The molecule has 1 saturated carbocycles. The summed E-state index contributed by atoms with van der Waals surface area (Å²) in [5.41, 5.74) is 0.299. The van der Waals surface area contributed by atoms with E-state index in [0.29, 0.717) is 25.0 Å². The number of oxime groups is 1. The van der Waals surface area contributed by atoms with Gasteiger partial charge in [-0.3, -0.25) is 9.59 Å². The van der Waals surface area contributed by atoms with E-state index in [1.807, 2.05) is 20.8 Å². The number of carbonyl (C=O) groups excluding carboxylic acids is 2. The smallest absolute Gasteiger partial charge is 0.149 e. The van der Waals surface area contributed by atoms with Crippen LogP contribution in [0.2, 0.25) is 0 Å². The van der Waals surface area contributed by atoms with Crippen LogP contribution in [0.5, 0.6) is 0 Å². The molecule has 0 radical (unpaired) electrons. The monoisotopic (exact) mass is 251 g/mol. The van der Waals surface area contributed by atoms with Crippen LogP contribution in [0.15, 0.2) is 17.8 Å². The molecular formula is C14H21NO3. The Balaban J connectivity index is 2.86. The first-order valence-electron chi connectivity index (χ1n) is 6.26.